The smallest absolute Gasteiger partial charge is 0.0316 e. The van der Waals surface area contributed by atoms with Gasteiger partial charge in [0.25, 0.3) is 0 Å². The monoisotopic (exact) mass is 97.1 g/mol. The first-order chi connectivity index (χ1) is 3.27. The van der Waals surface area contributed by atoms with E-state index < -0.39 is 0 Å². The molecular weight excluding hydrogens is 84.1 g/mol. The average molecular weight is 97.2 g/mol. The summed E-state index contributed by atoms with van der Waals surface area (Å²) in [6, 6.07) is 0. The van der Waals surface area contributed by atoms with Gasteiger partial charge in [0.2, 0.25) is 0 Å². The van der Waals surface area contributed by atoms with Crippen molar-refractivity contribution in [2.24, 2.45) is 5.92 Å². The van der Waals surface area contributed by atoms with E-state index in [1.807, 2.05) is 6.08 Å². The van der Waals surface area contributed by atoms with Gasteiger partial charge in [0.1, 0.15) is 0 Å². The molecule has 0 aliphatic rings. The van der Waals surface area contributed by atoms with E-state index in [0.717, 1.165) is 12.3 Å². The molecule has 0 N–H and O–H groups in total. The standard InChI is InChI=1S/C7H13/c1-4-5-6-7(2)3/h4-5,7H,1,6H2,2-3H3/b5-4+. The van der Waals surface area contributed by atoms with E-state index in [0.29, 0.717) is 0 Å². The maximum absolute atomic E-state index is 3.58. The van der Waals surface area contributed by atoms with E-state index in [4.69, 9.17) is 0 Å². The SMILES string of the molecule is [CH2]/C=C/CC(C)C. The van der Waals surface area contributed by atoms with Crippen molar-refractivity contribution < 1.29 is 0 Å². The summed E-state index contributed by atoms with van der Waals surface area (Å²) in [4.78, 5) is 0. The van der Waals surface area contributed by atoms with Crippen molar-refractivity contribution in [2.75, 3.05) is 0 Å². The Morgan fingerprint density at radius 3 is 2.29 bits per heavy atom. The molecule has 0 nitrogen and oxygen atoms in total. The van der Waals surface area contributed by atoms with Crippen molar-refractivity contribution in [1.82, 2.24) is 0 Å². The number of hydrogen-bond acceptors (Lipinski definition) is 0. The Labute approximate surface area is 46.2 Å². The van der Waals surface area contributed by atoms with Gasteiger partial charge in [-0.15, -0.1) is 0 Å². The van der Waals surface area contributed by atoms with Gasteiger partial charge >= 0.3 is 0 Å². The fourth-order valence-corrected chi connectivity index (χ4v) is 0.368. The highest BCUT2D eigenvalue weighted by Crippen LogP contribution is 1.98. The maximum atomic E-state index is 3.58. The van der Waals surface area contributed by atoms with Crippen LogP contribution in [0.15, 0.2) is 12.2 Å². The van der Waals surface area contributed by atoms with E-state index >= 15 is 0 Å². The lowest BCUT2D eigenvalue weighted by atomic mass is 10.1. The lowest BCUT2D eigenvalue weighted by Crippen LogP contribution is -1.79. The van der Waals surface area contributed by atoms with Crippen molar-refractivity contribution in [1.29, 1.82) is 0 Å². The lowest BCUT2D eigenvalue weighted by Gasteiger charge is -1.93. The minimum atomic E-state index is 0.776. The second kappa shape index (κ2) is 3.91. The minimum absolute atomic E-state index is 0.776. The van der Waals surface area contributed by atoms with Gasteiger partial charge in [0, 0.05) is 0 Å². The van der Waals surface area contributed by atoms with Gasteiger partial charge in [0.05, 0.1) is 0 Å². The second-order valence-corrected chi connectivity index (χ2v) is 2.10. The molecule has 0 heterocycles. The van der Waals surface area contributed by atoms with Crippen molar-refractivity contribution >= 4 is 0 Å². The second-order valence-electron chi connectivity index (χ2n) is 2.10. The highest BCUT2D eigenvalue weighted by atomic mass is 13.9. The van der Waals surface area contributed by atoms with Gasteiger partial charge in [-0.25, -0.2) is 0 Å². The summed E-state index contributed by atoms with van der Waals surface area (Å²) >= 11 is 0. The molecule has 41 valence electrons. The van der Waals surface area contributed by atoms with Crippen LogP contribution in [0.2, 0.25) is 0 Å². The summed E-state index contributed by atoms with van der Waals surface area (Å²) in [7, 11) is 0. The predicted octanol–water partition coefficient (Wildman–Crippen LogP) is 2.42. The molecule has 0 fully saturated rings. The van der Waals surface area contributed by atoms with Crippen LogP contribution >= 0.6 is 0 Å². The zero-order valence-corrected chi connectivity index (χ0v) is 5.15. The first kappa shape index (κ1) is 6.74. The minimum Gasteiger partial charge on any atom is -0.0883 e. The molecule has 0 aromatic carbocycles. The molecule has 0 aromatic rings. The molecule has 0 atom stereocenters. The van der Waals surface area contributed by atoms with Crippen LogP contribution < -0.4 is 0 Å². The van der Waals surface area contributed by atoms with Crippen LogP contribution in [-0.4, -0.2) is 0 Å². The van der Waals surface area contributed by atoms with Gasteiger partial charge in [-0.1, -0.05) is 26.0 Å². The summed E-state index contributed by atoms with van der Waals surface area (Å²) < 4.78 is 0. The molecule has 0 rings (SSSR count). The Morgan fingerprint density at radius 1 is 1.57 bits per heavy atom. The van der Waals surface area contributed by atoms with Crippen LogP contribution in [0.4, 0.5) is 0 Å². The van der Waals surface area contributed by atoms with Gasteiger partial charge in [-0.3, -0.25) is 0 Å². The van der Waals surface area contributed by atoms with Crippen LogP contribution in [0.5, 0.6) is 0 Å². The lowest BCUT2D eigenvalue weighted by molar-refractivity contribution is 0.664. The number of hydrogen-bond donors (Lipinski definition) is 0. The van der Waals surface area contributed by atoms with Crippen molar-refractivity contribution in [3.05, 3.63) is 19.1 Å². The third kappa shape index (κ3) is 5.74. The molecule has 0 aliphatic heterocycles. The molecule has 0 aliphatic carbocycles. The molecule has 0 saturated carbocycles. The molecule has 0 aromatic heterocycles. The highest BCUT2D eigenvalue weighted by molar-refractivity contribution is 4.83. The first-order valence-corrected chi connectivity index (χ1v) is 2.71. The summed E-state index contributed by atoms with van der Waals surface area (Å²) in [5.41, 5.74) is 0. The van der Waals surface area contributed by atoms with E-state index in [-0.39, 0.29) is 0 Å². The zero-order valence-electron chi connectivity index (χ0n) is 5.15. The highest BCUT2D eigenvalue weighted by Gasteiger charge is 1.83. The topological polar surface area (TPSA) is 0 Å². The summed E-state index contributed by atoms with van der Waals surface area (Å²) in [6.07, 6.45) is 5.09. The fraction of sp³-hybridized carbons (Fsp3) is 0.571. The Bertz CT molecular complexity index is 51.1. The molecule has 0 spiro atoms. The largest absolute Gasteiger partial charge is 0.0883 e. The van der Waals surface area contributed by atoms with Crippen molar-refractivity contribution in [3.8, 4) is 0 Å². The Balaban J connectivity index is 2.97. The Morgan fingerprint density at radius 2 is 2.14 bits per heavy atom. The van der Waals surface area contributed by atoms with Crippen LogP contribution in [0.25, 0.3) is 0 Å². The summed E-state index contributed by atoms with van der Waals surface area (Å²) in [5.74, 6) is 0.776. The summed E-state index contributed by atoms with van der Waals surface area (Å²) in [6.45, 7) is 7.97. The van der Waals surface area contributed by atoms with Crippen molar-refractivity contribution in [2.45, 2.75) is 20.3 Å². The quantitative estimate of drug-likeness (QED) is 0.496. The molecule has 0 bridgehead atoms. The third-order valence-electron chi connectivity index (χ3n) is 0.774. The third-order valence-corrected chi connectivity index (χ3v) is 0.774. The fourth-order valence-electron chi connectivity index (χ4n) is 0.368. The maximum Gasteiger partial charge on any atom is -0.0316 e. The van der Waals surface area contributed by atoms with Crippen LogP contribution in [0.3, 0.4) is 0 Å². The molecule has 0 saturated heterocycles. The van der Waals surface area contributed by atoms with Gasteiger partial charge in [-0.2, -0.15) is 0 Å². The van der Waals surface area contributed by atoms with Crippen molar-refractivity contribution in [3.63, 3.8) is 0 Å². The predicted molar refractivity (Wildman–Crippen MR) is 34.0 cm³/mol. The van der Waals surface area contributed by atoms with Gasteiger partial charge in [0.15, 0.2) is 0 Å². The molecule has 7 heavy (non-hydrogen) atoms. The summed E-state index contributed by atoms with van der Waals surface area (Å²) in [5, 5.41) is 0. The van der Waals surface area contributed by atoms with Crippen LogP contribution in [-0.2, 0) is 0 Å². The normalized spacial score (nSPS) is 11.4. The first-order valence-electron chi connectivity index (χ1n) is 2.71. The zero-order chi connectivity index (χ0) is 5.70. The Kier molecular flexibility index (Phi) is 3.77. The number of rotatable bonds is 2. The van der Waals surface area contributed by atoms with E-state index in [1.165, 1.54) is 0 Å². The van der Waals surface area contributed by atoms with E-state index in [1.54, 1.807) is 0 Å². The Hall–Kier alpha value is -0.260. The average Bonchev–Trinajstić information content (AvgIpc) is 1.61. The molecule has 0 unspecified atom stereocenters. The molecule has 1 radical (unpaired) electrons. The van der Waals surface area contributed by atoms with Gasteiger partial charge in [-0.05, 0) is 19.3 Å². The number of allylic oxidation sites excluding steroid dienone is 2. The van der Waals surface area contributed by atoms with Crippen LogP contribution in [0, 0.1) is 12.8 Å². The van der Waals surface area contributed by atoms with Crippen LogP contribution in [0.1, 0.15) is 20.3 Å². The molecular formula is C7H13. The van der Waals surface area contributed by atoms with E-state index in [9.17, 15) is 0 Å². The van der Waals surface area contributed by atoms with E-state index in [2.05, 4.69) is 26.8 Å². The molecule has 0 amide bonds. The molecule has 0 heteroatoms. The van der Waals surface area contributed by atoms with Gasteiger partial charge < -0.3 is 0 Å².